The fraction of sp³-hybridized carbons (Fsp3) is 0.294. The molecule has 0 amide bonds. The van der Waals surface area contributed by atoms with E-state index in [2.05, 4.69) is 4.72 Å². The monoisotopic (exact) mass is 367 g/mol. The molecule has 0 aliphatic carbocycles. The Kier molecular flexibility index (Phi) is 6.28. The van der Waals surface area contributed by atoms with Crippen molar-refractivity contribution in [2.45, 2.75) is 30.9 Å². The van der Waals surface area contributed by atoms with Gasteiger partial charge in [0.15, 0.2) is 11.1 Å². The van der Waals surface area contributed by atoms with Gasteiger partial charge in [-0.25, -0.2) is 17.3 Å². The van der Waals surface area contributed by atoms with Crippen LogP contribution in [0.25, 0.3) is 0 Å². The Hall–Kier alpha value is -1.54. The summed E-state index contributed by atoms with van der Waals surface area (Å²) in [7, 11) is -3.69. The van der Waals surface area contributed by atoms with Gasteiger partial charge in [-0.1, -0.05) is 48.0 Å². The van der Waals surface area contributed by atoms with Crippen molar-refractivity contribution in [3.05, 3.63) is 65.7 Å². The number of hydrogen-bond donors (Lipinski definition) is 1. The van der Waals surface area contributed by atoms with E-state index in [0.717, 1.165) is 11.1 Å². The summed E-state index contributed by atoms with van der Waals surface area (Å²) in [5.74, 6) is 0. The highest BCUT2D eigenvalue weighted by atomic mass is 32.2. The molecule has 2 aromatic carbocycles. The van der Waals surface area contributed by atoms with E-state index in [0.29, 0.717) is 0 Å². The minimum Gasteiger partial charge on any atom is -0.281 e. The van der Waals surface area contributed by atoms with Gasteiger partial charge in [-0.05, 0) is 31.5 Å². The third kappa shape index (κ3) is 4.98. The molecule has 5 nitrogen and oxygen atoms in total. The lowest BCUT2D eigenvalue weighted by Gasteiger charge is -2.24. The first kappa shape index (κ1) is 18.8. The Labute approximate surface area is 145 Å². The number of sulfonamides is 1. The molecule has 0 radical (unpaired) electrons. The molecule has 0 saturated heterocycles. The Morgan fingerprint density at radius 1 is 1.04 bits per heavy atom. The second-order valence-corrected chi connectivity index (χ2v) is 8.26. The largest absolute Gasteiger partial charge is 0.281 e. The number of benzene rings is 2. The zero-order valence-electron chi connectivity index (χ0n) is 13.8. The third-order valence-electron chi connectivity index (χ3n) is 3.49. The van der Waals surface area contributed by atoms with Gasteiger partial charge in [-0.15, -0.1) is 0 Å². The van der Waals surface area contributed by atoms with Crippen molar-refractivity contribution in [1.82, 2.24) is 4.72 Å². The van der Waals surface area contributed by atoms with Crippen molar-refractivity contribution in [3.63, 3.8) is 0 Å². The van der Waals surface area contributed by atoms with Crippen LogP contribution in [0.1, 0.15) is 24.2 Å². The molecule has 0 aromatic heterocycles. The average Bonchev–Trinajstić information content (AvgIpc) is 2.53. The van der Waals surface area contributed by atoms with Crippen molar-refractivity contribution in [2.24, 2.45) is 0 Å². The van der Waals surface area contributed by atoms with Gasteiger partial charge >= 0.3 is 0 Å². The van der Waals surface area contributed by atoms with Gasteiger partial charge < -0.3 is 0 Å². The maximum absolute atomic E-state index is 12.5. The van der Waals surface area contributed by atoms with Gasteiger partial charge in [0.2, 0.25) is 10.0 Å². The average molecular weight is 367 g/mol. The fourth-order valence-corrected chi connectivity index (χ4v) is 4.12. The highest BCUT2D eigenvalue weighted by Crippen LogP contribution is 2.23. The first-order valence-corrected chi connectivity index (χ1v) is 10.4. The van der Waals surface area contributed by atoms with E-state index < -0.39 is 33.2 Å². The molecule has 130 valence electrons. The minimum atomic E-state index is -3.69. The minimum absolute atomic E-state index is 0.185. The van der Waals surface area contributed by atoms with Crippen LogP contribution >= 0.6 is 0 Å². The summed E-state index contributed by atoms with van der Waals surface area (Å²) in [5.41, 5.74) is 1.74. The Morgan fingerprint density at radius 2 is 1.62 bits per heavy atom. The second-order valence-electron chi connectivity index (χ2n) is 5.55. The topological polar surface area (TPSA) is 72.5 Å². The zero-order valence-corrected chi connectivity index (χ0v) is 15.4. The maximum atomic E-state index is 12.5. The first-order chi connectivity index (χ1) is 11.3. The predicted octanol–water partition coefficient (Wildman–Crippen LogP) is 2.71. The van der Waals surface area contributed by atoms with Crippen molar-refractivity contribution in [1.29, 1.82) is 0 Å². The molecule has 3 atom stereocenters. The number of hydrogen-bond acceptors (Lipinski definition) is 4. The van der Waals surface area contributed by atoms with Gasteiger partial charge in [0.1, 0.15) is 6.10 Å². The molecule has 24 heavy (non-hydrogen) atoms. The summed E-state index contributed by atoms with van der Waals surface area (Å²) in [6.07, 6.45) is 0.759. The molecule has 0 spiro atoms. The Morgan fingerprint density at radius 3 is 2.17 bits per heavy atom. The molecular weight excluding hydrogens is 346 g/mol. The molecule has 2 aromatic rings. The summed E-state index contributed by atoms with van der Waals surface area (Å²) in [6, 6.07) is 15.1. The summed E-state index contributed by atoms with van der Waals surface area (Å²) in [4.78, 5) is 0.185. The highest BCUT2D eigenvalue weighted by molar-refractivity contribution is 7.89. The molecule has 0 aliphatic heterocycles. The standard InChI is InChI=1S/C17H21NO4S2/c1-13-9-11-16(12-10-13)24(20,21)18-14(2)17(22-23(3)19)15-7-5-4-6-8-15/h4-12,14,17-18H,1-3H3/t14-,17-,23+/m1/s1. The van der Waals surface area contributed by atoms with Crippen LogP contribution < -0.4 is 4.72 Å². The second kappa shape index (κ2) is 8.02. The van der Waals surface area contributed by atoms with E-state index in [1.807, 2.05) is 37.3 Å². The molecule has 0 saturated carbocycles. The van der Waals surface area contributed by atoms with Crippen molar-refractivity contribution in [2.75, 3.05) is 6.26 Å². The van der Waals surface area contributed by atoms with E-state index >= 15 is 0 Å². The van der Waals surface area contributed by atoms with Crippen LogP contribution in [0.15, 0.2) is 59.5 Å². The zero-order chi connectivity index (χ0) is 17.7. The van der Waals surface area contributed by atoms with Crippen LogP contribution in [-0.4, -0.2) is 24.9 Å². The molecule has 1 N–H and O–H groups in total. The normalized spacial score (nSPS) is 15.6. The van der Waals surface area contributed by atoms with Crippen LogP contribution in [0.3, 0.4) is 0 Å². The van der Waals surface area contributed by atoms with Gasteiger partial charge in [0.05, 0.1) is 10.9 Å². The van der Waals surface area contributed by atoms with Crippen molar-refractivity contribution >= 4 is 21.1 Å². The van der Waals surface area contributed by atoms with E-state index in [1.165, 1.54) is 6.26 Å². The highest BCUT2D eigenvalue weighted by Gasteiger charge is 2.26. The quantitative estimate of drug-likeness (QED) is 0.817. The summed E-state index contributed by atoms with van der Waals surface area (Å²) >= 11 is -1.53. The number of rotatable bonds is 7. The van der Waals surface area contributed by atoms with Crippen LogP contribution in [0.5, 0.6) is 0 Å². The first-order valence-electron chi connectivity index (χ1n) is 7.44. The van der Waals surface area contributed by atoms with Gasteiger partial charge in [0, 0.05) is 6.26 Å². The SMILES string of the molecule is Cc1ccc(S(=O)(=O)N[C@H](C)[C@@H](O[S@@](C)=O)c2ccccc2)cc1. The summed E-state index contributed by atoms with van der Waals surface area (Å²) in [6.45, 7) is 3.58. The van der Waals surface area contributed by atoms with Crippen LogP contribution in [0, 0.1) is 6.92 Å². The van der Waals surface area contributed by atoms with E-state index in [-0.39, 0.29) is 4.90 Å². The maximum Gasteiger partial charge on any atom is 0.240 e. The predicted molar refractivity (Wildman–Crippen MR) is 95.3 cm³/mol. The summed E-state index contributed by atoms with van der Waals surface area (Å²) in [5, 5.41) is 0. The Balaban J connectivity index is 2.25. The van der Waals surface area contributed by atoms with Gasteiger partial charge in [0.25, 0.3) is 0 Å². The lowest BCUT2D eigenvalue weighted by atomic mass is 10.0. The summed E-state index contributed by atoms with van der Waals surface area (Å²) < 4.78 is 44.6. The van der Waals surface area contributed by atoms with Crippen LogP contribution in [0.4, 0.5) is 0 Å². The molecule has 0 heterocycles. The third-order valence-corrected chi connectivity index (χ3v) is 5.55. The smallest absolute Gasteiger partial charge is 0.240 e. The van der Waals surface area contributed by atoms with E-state index in [1.54, 1.807) is 31.2 Å². The molecule has 2 rings (SSSR count). The molecule has 0 unspecified atom stereocenters. The molecule has 7 heteroatoms. The van der Waals surface area contributed by atoms with Gasteiger partial charge in [-0.2, -0.15) is 0 Å². The molecule has 0 bridgehead atoms. The van der Waals surface area contributed by atoms with Crippen molar-refractivity contribution < 1.29 is 16.8 Å². The van der Waals surface area contributed by atoms with E-state index in [9.17, 15) is 12.6 Å². The molecule has 0 fully saturated rings. The van der Waals surface area contributed by atoms with Gasteiger partial charge in [-0.3, -0.25) is 4.18 Å². The van der Waals surface area contributed by atoms with Crippen LogP contribution in [0.2, 0.25) is 0 Å². The van der Waals surface area contributed by atoms with Crippen LogP contribution in [-0.2, 0) is 25.3 Å². The lowest BCUT2D eigenvalue weighted by Crippen LogP contribution is -2.38. The molecule has 0 aliphatic rings. The number of aryl methyl sites for hydroxylation is 1. The van der Waals surface area contributed by atoms with Crippen molar-refractivity contribution in [3.8, 4) is 0 Å². The fourth-order valence-electron chi connectivity index (χ4n) is 2.31. The Bertz CT molecular complexity index is 789. The molecular formula is C17H21NO4S2. The number of nitrogens with one attached hydrogen (secondary N) is 1. The van der Waals surface area contributed by atoms with E-state index in [4.69, 9.17) is 4.18 Å². The lowest BCUT2D eigenvalue weighted by molar-refractivity contribution is 0.196.